The molecule has 0 radical (unpaired) electrons. The first-order valence-corrected chi connectivity index (χ1v) is 4.39. The van der Waals surface area contributed by atoms with E-state index < -0.39 is 16.2 Å². The van der Waals surface area contributed by atoms with Crippen LogP contribution in [0.25, 0.3) is 0 Å². The van der Waals surface area contributed by atoms with Gasteiger partial charge in [-0.05, 0) is 6.92 Å². The van der Waals surface area contributed by atoms with Crippen LogP contribution in [0.4, 0.5) is 0 Å². The Balaban J connectivity index is 4.24. The van der Waals surface area contributed by atoms with Crippen LogP contribution in [0, 0.1) is 0 Å². The van der Waals surface area contributed by atoms with Gasteiger partial charge in [-0.3, -0.25) is 0 Å². The van der Waals surface area contributed by atoms with E-state index in [4.69, 9.17) is 5.73 Å². The molecule has 4 nitrogen and oxygen atoms in total. The van der Waals surface area contributed by atoms with Crippen LogP contribution in [0.15, 0.2) is 0 Å². The van der Waals surface area contributed by atoms with Crippen molar-refractivity contribution in [2.24, 2.45) is 5.73 Å². The quantitative estimate of drug-likeness (QED) is 0.526. The van der Waals surface area contributed by atoms with E-state index in [1.165, 1.54) is 7.05 Å². The van der Waals surface area contributed by atoms with Gasteiger partial charge in [-0.25, -0.2) is 8.42 Å². The van der Waals surface area contributed by atoms with Crippen LogP contribution >= 0.6 is 0 Å². The van der Waals surface area contributed by atoms with Crippen molar-refractivity contribution in [1.29, 1.82) is 0 Å². The molecule has 0 aromatic rings. The number of sulfonamides is 1. The van der Waals surface area contributed by atoms with Crippen LogP contribution in [-0.4, -0.2) is 32.2 Å². The maximum Gasteiger partial charge on any atom is 0.212 e. The third-order valence-corrected chi connectivity index (χ3v) is 2.48. The minimum absolute atomic E-state index is 0.444. The maximum atomic E-state index is 10.6. The molecule has 0 aromatic carbocycles. The topological polar surface area (TPSA) is 63.4 Å². The van der Waals surface area contributed by atoms with Crippen LogP contribution in [0.1, 0.15) is 6.92 Å². The minimum atomic E-state index is -3.09. The Morgan fingerprint density at radius 1 is 1.56 bits per heavy atom. The molecule has 0 aliphatic heterocycles. The zero-order valence-electron chi connectivity index (χ0n) is 5.83. The fourth-order valence-electron chi connectivity index (χ4n) is 0.302. The summed E-state index contributed by atoms with van der Waals surface area (Å²) in [5.41, 5.74) is 5.27. The van der Waals surface area contributed by atoms with Crippen LogP contribution in [0.3, 0.4) is 0 Å². The molecule has 0 amide bonds. The average molecular weight is 152 g/mol. The summed E-state index contributed by atoms with van der Waals surface area (Å²) in [4.78, 5) is 0. The Morgan fingerprint density at radius 3 is 1.89 bits per heavy atom. The largest absolute Gasteiger partial charge is 0.315 e. The smallest absolute Gasteiger partial charge is 0.212 e. The second-order valence-corrected chi connectivity index (χ2v) is 4.06. The van der Waals surface area contributed by atoms with Gasteiger partial charge in [0.1, 0.15) is 0 Å². The normalized spacial score (nSPS) is 16.1. The summed E-state index contributed by atoms with van der Waals surface area (Å²) in [6.07, 6.45) is 0.677. The maximum absolute atomic E-state index is 10.6. The number of hydrogen-bond donors (Lipinski definition) is 1. The zero-order chi connectivity index (χ0) is 7.65. The van der Waals surface area contributed by atoms with Gasteiger partial charge in [-0.2, -0.15) is 4.31 Å². The molecule has 5 heteroatoms. The molecule has 9 heavy (non-hydrogen) atoms. The van der Waals surface area contributed by atoms with Gasteiger partial charge in [-0.15, -0.1) is 0 Å². The highest BCUT2D eigenvalue weighted by atomic mass is 32.2. The summed E-state index contributed by atoms with van der Waals surface area (Å²) in [5.74, 6) is 0. The van der Waals surface area contributed by atoms with Crippen LogP contribution in [0.2, 0.25) is 0 Å². The zero-order valence-corrected chi connectivity index (χ0v) is 6.64. The summed E-state index contributed by atoms with van der Waals surface area (Å²) in [5, 5.41) is 0. The van der Waals surface area contributed by atoms with Crippen LogP contribution in [-0.2, 0) is 10.0 Å². The molecule has 56 valence electrons. The summed E-state index contributed by atoms with van der Waals surface area (Å²) < 4.78 is 22.3. The first kappa shape index (κ1) is 8.87. The summed E-state index contributed by atoms with van der Waals surface area (Å²) in [7, 11) is -1.65. The molecule has 0 bridgehead atoms. The van der Waals surface area contributed by atoms with Crippen molar-refractivity contribution >= 4 is 10.0 Å². The lowest BCUT2D eigenvalue weighted by Gasteiger charge is -2.17. The SMILES string of the molecule is CC(N)N(C)S(C)(=O)=O. The van der Waals surface area contributed by atoms with Gasteiger partial charge >= 0.3 is 0 Å². The van der Waals surface area contributed by atoms with Gasteiger partial charge in [-0.1, -0.05) is 0 Å². The lowest BCUT2D eigenvalue weighted by molar-refractivity contribution is 0.401. The molecular weight excluding hydrogens is 140 g/mol. The van der Waals surface area contributed by atoms with Gasteiger partial charge in [0.25, 0.3) is 0 Å². The molecule has 0 saturated heterocycles. The molecule has 0 aliphatic rings. The highest BCUT2D eigenvalue weighted by Gasteiger charge is 2.13. The third kappa shape index (κ3) is 2.78. The molecule has 0 saturated carbocycles. The van der Waals surface area contributed by atoms with E-state index in [9.17, 15) is 8.42 Å². The fourth-order valence-corrected chi connectivity index (χ4v) is 0.906. The summed E-state index contributed by atoms with van der Waals surface area (Å²) in [6.45, 7) is 1.61. The van der Waals surface area contributed by atoms with E-state index in [2.05, 4.69) is 0 Å². The molecule has 0 aromatic heterocycles. The summed E-state index contributed by atoms with van der Waals surface area (Å²) >= 11 is 0. The molecule has 0 fully saturated rings. The Kier molecular flexibility index (Phi) is 2.60. The van der Waals surface area contributed by atoms with Gasteiger partial charge in [0, 0.05) is 7.05 Å². The van der Waals surface area contributed by atoms with Crippen LogP contribution in [0.5, 0.6) is 0 Å². The van der Waals surface area contributed by atoms with E-state index in [0.717, 1.165) is 10.6 Å². The van der Waals surface area contributed by atoms with Gasteiger partial charge < -0.3 is 5.73 Å². The highest BCUT2D eigenvalue weighted by molar-refractivity contribution is 7.88. The second-order valence-electron chi connectivity index (χ2n) is 2.02. The molecular formula is C4H12N2O2S. The minimum Gasteiger partial charge on any atom is -0.315 e. The van der Waals surface area contributed by atoms with E-state index in [1.807, 2.05) is 0 Å². The lowest BCUT2D eigenvalue weighted by atomic mass is 10.6. The van der Waals surface area contributed by atoms with E-state index in [0.29, 0.717) is 0 Å². The van der Waals surface area contributed by atoms with Gasteiger partial charge in [0.2, 0.25) is 10.0 Å². The molecule has 0 spiro atoms. The molecule has 0 rings (SSSR count). The number of nitrogens with zero attached hydrogens (tertiary/aromatic N) is 1. The number of rotatable bonds is 2. The predicted molar refractivity (Wildman–Crippen MR) is 36.3 cm³/mol. The monoisotopic (exact) mass is 152 g/mol. The van der Waals surface area contributed by atoms with Crippen molar-refractivity contribution in [3.05, 3.63) is 0 Å². The summed E-state index contributed by atoms with van der Waals surface area (Å²) in [6, 6.07) is 0. The number of nitrogens with two attached hydrogens (primary N) is 1. The number of hydrogen-bond acceptors (Lipinski definition) is 3. The lowest BCUT2D eigenvalue weighted by Crippen LogP contribution is -2.39. The fraction of sp³-hybridized carbons (Fsp3) is 1.00. The van der Waals surface area contributed by atoms with Crippen molar-refractivity contribution in [3.63, 3.8) is 0 Å². The van der Waals surface area contributed by atoms with E-state index in [1.54, 1.807) is 6.92 Å². The van der Waals surface area contributed by atoms with Crippen LogP contribution < -0.4 is 5.73 Å². The standard InChI is InChI=1S/C4H12N2O2S/c1-4(5)6(2)9(3,7)8/h4H,5H2,1-3H3. The Labute approximate surface area is 55.7 Å². The highest BCUT2D eigenvalue weighted by Crippen LogP contribution is 1.94. The Morgan fingerprint density at radius 2 is 1.89 bits per heavy atom. The van der Waals surface area contributed by atoms with Crippen molar-refractivity contribution in [2.45, 2.75) is 13.1 Å². The third-order valence-electron chi connectivity index (χ3n) is 1.10. The van der Waals surface area contributed by atoms with Crippen molar-refractivity contribution in [1.82, 2.24) is 4.31 Å². The molecule has 1 atom stereocenters. The first-order chi connectivity index (χ1) is 3.85. The first-order valence-electron chi connectivity index (χ1n) is 2.54. The Bertz CT molecular complexity index is 173. The molecule has 1 unspecified atom stereocenters. The van der Waals surface area contributed by atoms with Gasteiger partial charge in [0.05, 0.1) is 12.4 Å². The van der Waals surface area contributed by atoms with E-state index >= 15 is 0 Å². The average Bonchev–Trinajstić information content (AvgIpc) is 1.62. The van der Waals surface area contributed by atoms with Crippen molar-refractivity contribution < 1.29 is 8.42 Å². The van der Waals surface area contributed by atoms with Crippen molar-refractivity contribution in [3.8, 4) is 0 Å². The van der Waals surface area contributed by atoms with E-state index in [-0.39, 0.29) is 0 Å². The molecule has 0 heterocycles. The predicted octanol–water partition coefficient (Wildman–Crippen LogP) is -0.817. The van der Waals surface area contributed by atoms with Crippen molar-refractivity contribution in [2.75, 3.05) is 13.3 Å². The molecule has 2 N–H and O–H groups in total. The second kappa shape index (κ2) is 2.64. The van der Waals surface area contributed by atoms with Gasteiger partial charge in [0.15, 0.2) is 0 Å². The Hall–Kier alpha value is -0.130. The molecule has 0 aliphatic carbocycles.